The molecule has 7 heteroatoms. The van der Waals surface area contributed by atoms with Gasteiger partial charge in [-0.3, -0.25) is 4.79 Å². The minimum Gasteiger partial charge on any atom is -0.450 e. The average Bonchev–Trinajstić information content (AvgIpc) is 2.70. The number of ether oxygens (including phenoxy) is 1. The van der Waals surface area contributed by atoms with Gasteiger partial charge < -0.3 is 20.3 Å². The number of amides is 2. The highest BCUT2D eigenvalue weighted by atomic mass is 16.6. The molecule has 1 saturated carbocycles. The summed E-state index contributed by atoms with van der Waals surface area (Å²) in [5, 5.41) is 6.55. The van der Waals surface area contributed by atoms with Gasteiger partial charge >= 0.3 is 6.09 Å². The molecule has 1 aromatic rings. The van der Waals surface area contributed by atoms with Gasteiger partial charge in [-0.2, -0.15) is 0 Å². The van der Waals surface area contributed by atoms with Crippen LogP contribution < -0.4 is 10.6 Å². The number of carbonyl (C=O) groups excluding carboxylic acids is 2. The molecule has 0 radical (unpaired) electrons. The zero-order valence-electron chi connectivity index (χ0n) is 16.1. The van der Waals surface area contributed by atoms with Crippen molar-refractivity contribution in [3.05, 3.63) is 23.9 Å². The molecule has 0 unspecified atom stereocenters. The van der Waals surface area contributed by atoms with Gasteiger partial charge in [0.15, 0.2) is 0 Å². The number of nitrogens with one attached hydrogen (secondary N) is 2. The van der Waals surface area contributed by atoms with Gasteiger partial charge in [-0.25, -0.2) is 9.78 Å². The summed E-state index contributed by atoms with van der Waals surface area (Å²) in [5.74, 6) is 0.686. The van der Waals surface area contributed by atoms with E-state index in [-0.39, 0.29) is 18.0 Å². The third-order valence-corrected chi connectivity index (χ3v) is 5.34. The van der Waals surface area contributed by atoms with Crippen LogP contribution in [0.4, 0.5) is 10.6 Å². The Morgan fingerprint density at radius 2 is 1.89 bits per heavy atom. The van der Waals surface area contributed by atoms with Gasteiger partial charge in [-0.05, 0) is 44.7 Å². The van der Waals surface area contributed by atoms with E-state index in [0.29, 0.717) is 37.1 Å². The van der Waals surface area contributed by atoms with Crippen molar-refractivity contribution < 1.29 is 14.3 Å². The highest BCUT2D eigenvalue weighted by Crippen LogP contribution is 2.19. The molecule has 148 valence electrons. The monoisotopic (exact) mass is 374 g/mol. The molecule has 2 amide bonds. The van der Waals surface area contributed by atoms with Crippen LogP contribution in [0.3, 0.4) is 0 Å². The molecule has 0 aromatic carbocycles. The molecule has 1 aliphatic heterocycles. The lowest BCUT2D eigenvalue weighted by atomic mass is 9.95. The Bertz CT molecular complexity index is 638. The van der Waals surface area contributed by atoms with Crippen molar-refractivity contribution in [2.45, 2.75) is 64.0 Å². The fourth-order valence-electron chi connectivity index (χ4n) is 3.80. The molecule has 2 N–H and O–H groups in total. The third kappa shape index (κ3) is 5.58. The Hall–Kier alpha value is -2.31. The number of hydrogen-bond acceptors (Lipinski definition) is 5. The second-order valence-corrected chi connectivity index (χ2v) is 7.34. The maximum Gasteiger partial charge on any atom is 0.409 e. The van der Waals surface area contributed by atoms with Crippen molar-refractivity contribution in [1.82, 2.24) is 15.2 Å². The predicted octanol–water partition coefficient (Wildman–Crippen LogP) is 3.18. The van der Waals surface area contributed by atoms with E-state index in [1.807, 2.05) is 13.0 Å². The Morgan fingerprint density at radius 1 is 1.15 bits per heavy atom. The van der Waals surface area contributed by atoms with Gasteiger partial charge in [-0.1, -0.05) is 19.3 Å². The molecule has 0 atom stereocenters. The summed E-state index contributed by atoms with van der Waals surface area (Å²) in [6.07, 6.45) is 8.89. The predicted molar refractivity (Wildman–Crippen MR) is 104 cm³/mol. The summed E-state index contributed by atoms with van der Waals surface area (Å²) in [7, 11) is 0. The number of piperidine rings is 1. The van der Waals surface area contributed by atoms with Gasteiger partial charge in [0.25, 0.3) is 5.91 Å². The molecule has 0 spiro atoms. The molecule has 2 fully saturated rings. The fourth-order valence-corrected chi connectivity index (χ4v) is 3.80. The lowest BCUT2D eigenvalue weighted by Crippen LogP contribution is -2.42. The van der Waals surface area contributed by atoms with E-state index < -0.39 is 0 Å². The van der Waals surface area contributed by atoms with Crippen molar-refractivity contribution in [2.24, 2.45) is 0 Å². The van der Waals surface area contributed by atoms with Crippen LogP contribution in [0.2, 0.25) is 0 Å². The average molecular weight is 374 g/mol. The summed E-state index contributed by atoms with van der Waals surface area (Å²) in [6.45, 7) is 3.54. The first-order chi connectivity index (χ1) is 13.2. The molecule has 1 saturated heterocycles. The Morgan fingerprint density at radius 3 is 2.59 bits per heavy atom. The lowest BCUT2D eigenvalue weighted by molar-refractivity contribution is 0.0926. The molecule has 1 aliphatic carbocycles. The summed E-state index contributed by atoms with van der Waals surface area (Å²) in [4.78, 5) is 30.4. The van der Waals surface area contributed by atoms with Crippen LogP contribution >= 0.6 is 0 Å². The minimum absolute atomic E-state index is 0.0236. The summed E-state index contributed by atoms with van der Waals surface area (Å²) >= 11 is 0. The van der Waals surface area contributed by atoms with Crippen molar-refractivity contribution in [2.75, 3.05) is 25.0 Å². The number of aromatic nitrogens is 1. The van der Waals surface area contributed by atoms with Crippen LogP contribution in [0, 0.1) is 0 Å². The molecule has 0 bridgehead atoms. The van der Waals surface area contributed by atoms with Crippen molar-refractivity contribution in [3.8, 4) is 0 Å². The van der Waals surface area contributed by atoms with Crippen LogP contribution in [0.5, 0.6) is 0 Å². The van der Waals surface area contributed by atoms with E-state index in [1.165, 1.54) is 19.3 Å². The first-order valence-corrected chi connectivity index (χ1v) is 10.1. The zero-order valence-corrected chi connectivity index (χ0v) is 16.1. The zero-order chi connectivity index (χ0) is 19.1. The van der Waals surface area contributed by atoms with Crippen LogP contribution in [-0.2, 0) is 4.74 Å². The normalized spacial score (nSPS) is 18.8. The topological polar surface area (TPSA) is 83.6 Å². The summed E-state index contributed by atoms with van der Waals surface area (Å²) in [5.41, 5.74) is 0.641. The molecule has 7 nitrogen and oxygen atoms in total. The number of likely N-dealkylation sites (tertiary alicyclic amines) is 1. The molecule has 3 rings (SSSR count). The van der Waals surface area contributed by atoms with Crippen molar-refractivity contribution >= 4 is 17.8 Å². The van der Waals surface area contributed by atoms with Crippen molar-refractivity contribution in [3.63, 3.8) is 0 Å². The second kappa shape index (κ2) is 9.58. The molecular formula is C20H30N4O3. The number of pyridine rings is 1. The lowest BCUT2D eigenvalue weighted by Gasteiger charge is -2.31. The Balaban J connectivity index is 1.50. The molecule has 27 heavy (non-hydrogen) atoms. The van der Waals surface area contributed by atoms with E-state index in [0.717, 1.165) is 25.7 Å². The SMILES string of the molecule is CCOC(=O)N1CCC(Nc2cc(C(=O)NC3CCCCC3)ccn2)CC1. The quantitative estimate of drug-likeness (QED) is 0.827. The van der Waals surface area contributed by atoms with Crippen LogP contribution in [0.25, 0.3) is 0 Å². The Labute approximate surface area is 160 Å². The largest absolute Gasteiger partial charge is 0.450 e. The maximum absolute atomic E-state index is 12.5. The molecule has 2 heterocycles. The van der Waals surface area contributed by atoms with E-state index in [4.69, 9.17) is 4.74 Å². The number of nitrogens with zero attached hydrogens (tertiary/aromatic N) is 2. The number of rotatable bonds is 5. The number of carbonyl (C=O) groups is 2. The number of hydrogen-bond donors (Lipinski definition) is 2. The second-order valence-electron chi connectivity index (χ2n) is 7.34. The van der Waals surface area contributed by atoms with E-state index in [9.17, 15) is 9.59 Å². The van der Waals surface area contributed by atoms with Gasteiger partial charge in [0.2, 0.25) is 0 Å². The van der Waals surface area contributed by atoms with Crippen molar-refractivity contribution in [1.29, 1.82) is 0 Å². The smallest absolute Gasteiger partial charge is 0.409 e. The molecule has 2 aliphatic rings. The summed E-state index contributed by atoms with van der Waals surface area (Å²) < 4.78 is 5.05. The standard InChI is InChI=1S/C20H30N4O3/c1-2-27-20(26)24-12-9-17(10-13-24)22-18-14-15(8-11-21-18)19(25)23-16-6-4-3-5-7-16/h8,11,14,16-17H,2-7,9-10,12-13H2,1H3,(H,21,22)(H,23,25). The highest BCUT2D eigenvalue weighted by Gasteiger charge is 2.24. The van der Waals surface area contributed by atoms with Gasteiger partial charge in [0.1, 0.15) is 5.82 Å². The van der Waals surface area contributed by atoms with Crippen LogP contribution in [0.15, 0.2) is 18.3 Å². The maximum atomic E-state index is 12.5. The van der Waals surface area contributed by atoms with Crippen LogP contribution in [-0.4, -0.2) is 53.7 Å². The first-order valence-electron chi connectivity index (χ1n) is 10.1. The van der Waals surface area contributed by atoms with Gasteiger partial charge in [0, 0.05) is 36.9 Å². The first kappa shape index (κ1) is 19.5. The van der Waals surface area contributed by atoms with E-state index in [1.54, 1.807) is 17.2 Å². The number of anilines is 1. The van der Waals surface area contributed by atoms with Gasteiger partial charge in [-0.15, -0.1) is 0 Å². The minimum atomic E-state index is -0.240. The molecular weight excluding hydrogens is 344 g/mol. The fraction of sp³-hybridized carbons (Fsp3) is 0.650. The summed E-state index contributed by atoms with van der Waals surface area (Å²) in [6, 6.07) is 4.10. The Kier molecular flexibility index (Phi) is 6.90. The highest BCUT2D eigenvalue weighted by molar-refractivity contribution is 5.95. The molecule has 1 aromatic heterocycles. The third-order valence-electron chi connectivity index (χ3n) is 5.34. The van der Waals surface area contributed by atoms with E-state index >= 15 is 0 Å². The van der Waals surface area contributed by atoms with E-state index in [2.05, 4.69) is 15.6 Å². The van der Waals surface area contributed by atoms with Crippen LogP contribution in [0.1, 0.15) is 62.2 Å². The van der Waals surface area contributed by atoms with Gasteiger partial charge in [0.05, 0.1) is 6.61 Å².